The topological polar surface area (TPSA) is 38.1 Å². The number of nitrogens with zero attached hydrogens (tertiary/aromatic N) is 1. The Balaban J connectivity index is 2.00. The normalized spacial score (nSPS) is 12.4. The van der Waals surface area contributed by atoms with E-state index in [-0.39, 0.29) is 17.7 Å². The second-order valence-corrected chi connectivity index (χ2v) is 4.73. The lowest BCUT2D eigenvalue weighted by molar-refractivity contribution is 0.496. The Morgan fingerprint density at radius 3 is 3.06 bits per heavy atom. The molecule has 0 aromatic carbocycles. The van der Waals surface area contributed by atoms with Crippen LogP contribution in [-0.2, 0) is 6.42 Å². The van der Waals surface area contributed by atoms with Crippen LogP contribution in [0, 0.1) is 5.82 Å². The molecule has 0 spiro atoms. The summed E-state index contributed by atoms with van der Waals surface area (Å²) in [6, 6.07) is 5.16. The second kappa shape index (κ2) is 5.31. The van der Waals surface area contributed by atoms with Gasteiger partial charge >= 0.3 is 0 Å². The second-order valence-electron chi connectivity index (χ2n) is 3.81. The molecule has 1 N–H and O–H groups in total. The predicted molar refractivity (Wildman–Crippen MR) is 67.4 cm³/mol. The van der Waals surface area contributed by atoms with Crippen molar-refractivity contribution in [2.45, 2.75) is 19.4 Å². The summed E-state index contributed by atoms with van der Waals surface area (Å²) in [6.45, 7) is 1.95. The minimum Gasteiger partial charge on any atom is -0.469 e. The maximum Gasteiger partial charge on any atom is 0.166 e. The van der Waals surface area contributed by atoms with Gasteiger partial charge in [0.05, 0.1) is 6.26 Å². The van der Waals surface area contributed by atoms with Gasteiger partial charge in [-0.1, -0.05) is 0 Å². The molecule has 17 heavy (non-hydrogen) atoms. The number of hydrogen-bond acceptors (Lipinski definition) is 3. The van der Waals surface area contributed by atoms with Crippen molar-refractivity contribution in [1.29, 1.82) is 0 Å². The molecule has 2 aromatic rings. The first-order valence-corrected chi connectivity index (χ1v) is 6.04. The third kappa shape index (κ3) is 3.30. The zero-order chi connectivity index (χ0) is 12.3. The molecule has 2 rings (SSSR count). The van der Waals surface area contributed by atoms with E-state index in [0.717, 1.165) is 5.76 Å². The van der Waals surface area contributed by atoms with E-state index in [2.05, 4.69) is 26.2 Å². The molecular weight excluding hydrogens is 287 g/mol. The van der Waals surface area contributed by atoms with Crippen molar-refractivity contribution in [2.24, 2.45) is 0 Å². The Labute approximate surface area is 107 Å². The van der Waals surface area contributed by atoms with Crippen LogP contribution >= 0.6 is 15.9 Å². The van der Waals surface area contributed by atoms with Crippen LogP contribution in [-0.4, -0.2) is 11.0 Å². The molecule has 5 heteroatoms. The lowest BCUT2D eigenvalue weighted by Crippen LogP contribution is -2.19. The van der Waals surface area contributed by atoms with Crippen LogP contribution in [0.5, 0.6) is 0 Å². The molecule has 1 unspecified atom stereocenters. The highest BCUT2D eigenvalue weighted by Gasteiger charge is 2.10. The highest BCUT2D eigenvalue weighted by atomic mass is 79.9. The largest absolute Gasteiger partial charge is 0.469 e. The van der Waals surface area contributed by atoms with Gasteiger partial charge in [-0.05, 0) is 41.1 Å². The summed E-state index contributed by atoms with van der Waals surface area (Å²) in [5, 5.41) is 3.01. The Morgan fingerprint density at radius 2 is 2.41 bits per heavy atom. The van der Waals surface area contributed by atoms with Gasteiger partial charge in [-0.15, -0.1) is 0 Å². The van der Waals surface area contributed by atoms with Gasteiger partial charge in [0.15, 0.2) is 11.6 Å². The summed E-state index contributed by atoms with van der Waals surface area (Å²) in [5.74, 6) is 0.750. The van der Waals surface area contributed by atoms with Crippen LogP contribution in [0.25, 0.3) is 0 Å². The first-order chi connectivity index (χ1) is 8.15. The first-order valence-electron chi connectivity index (χ1n) is 5.25. The van der Waals surface area contributed by atoms with Gasteiger partial charge in [-0.2, -0.15) is 0 Å². The summed E-state index contributed by atoms with van der Waals surface area (Å²) < 4.78 is 19.4. The molecule has 2 aromatic heterocycles. The molecule has 3 nitrogen and oxygen atoms in total. The third-order valence-electron chi connectivity index (χ3n) is 2.28. The number of nitrogens with one attached hydrogen (secondary N) is 1. The van der Waals surface area contributed by atoms with E-state index in [1.54, 1.807) is 12.5 Å². The molecule has 1 atom stereocenters. The van der Waals surface area contributed by atoms with Gasteiger partial charge in [-0.3, -0.25) is 0 Å². The van der Waals surface area contributed by atoms with Gasteiger partial charge in [0.1, 0.15) is 5.76 Å². The summed E-state index contributed by atoms with van der Waals surface area (Å²) in [7, 11) is 0. The van der Waals surface area contributed by atoms with Crippen molar-refractivity contribution < 1.29 is 8.81 Å². The third-order valence-corrected chi connectivity index (χ3v) is 2.71. The van der Waals surface area contributed by atoms with Crippen molar-refractivity contribution in [1.82, 2.24) is 4.98 Å². The van der Waals surface area contributed by atoms with E-state index < -0.39 is 0 Å². The molecule has 0 aliphatic carbocycles. The molecular formula is C12H12BrFN2O. The van der Waals surface area contributed by atoms with Crippen molar-refractivity contribution in [2.75, 3.05) is 5.32 Å². The van der Waals surface area contributed by atoms with Crippen LogP contribution in [0.1, 0.15) is 12.7 Å². The highest BCUT2D eigenvalue weighted by Crippen LogP contribution is 2.17. The molecule has 0 aliphatic heterocycles. The smallest absolute Gasteiger partial charge is 0.166 e. The standard InChI is InChI=1S/C12H12BrFN2O/c1-8(5-10-3-2-4-17-10)16-12-11(14)6-9(13)7-15-12/h2-4,6-8H,5H2,1H3,(H,15,16). The van der Waals surface area contributed by atoms with Gasteiger partial charge in [0.2, 0.25) is 0 Å². The predicted octanol–water partition coefficient (Wildman–Crippen LogP) is 3.62. The number of aromatic nitrogens is 1. The monoisotopic (exact) mass is 298 g/mol. The van der Waals surface area contributed by atoms with Crippen LogP contribution in [0.2, 0.25) is 0 Å². The van der Waals surface area contributed by atoms with Crippen LogP contribution in [0.15, 0.2) is 39.5 Å². The fourth-order valence-corrected chi connectivity index (χ4v) is 1.84. The minimum absolute atomic E-state index is 0.0457. The number of halogens is 2. The van der Waals surface area contributed by atoms with E-state index in [1.807, 2.05) is 19.1 Å². The van der Waals surface area contributed by atoms with E-state index >= 15 is 0 Å². The summed E-state index contributed by atoms with van der Waals surface area (Å²) in [5.41, 5.74) is 0. The minimum atomic E-state index is -0.370. The molecule has 0 saturated heterocycles. The maximum atomic E-state index is 13.5. The SMILES string of the molecule is CC(Cc1ccco1)Nc1ncc(Br)cc1F. The zero-order valence-electron chi connectivity index (χ0n) is 9.28. The number of pyridine rings is 1. The lowest BCUT2D eigenvalue weighted by Gasteiger charge is -2.13. The molecule has 0 saturated carbocycles. The summed E-state index contributed by atoms with van der Waals surface area (Å²) in [4.78, 5) is 3.98. The molecule has 2 heterocycles. The van der Waals surface area contributed by atoms with E-state index in [4.69, 9.17) is 4.42 Å². The van der Waals surface area contributed by atoms with Crippen LogP contribution in [0.4, 0.5) is 10.2 Å². The molecule has 0 amide bonds. The van der Waals surface area contributed by atoms with Crippen molar-refractivity contribution in [3.63, 3.8) is 0 Å². The van der Waals surface area contributed by atoms with Crippen LogP contribution in [0.3, 0.4) is 0 Å². The zero-order valence-corrected chi connectivity index (χ0v) is 10.9. The molecule has 0 radical (unpaired) electrons. The average molecular weight is 299 g/mol. The average Bonchev–Trinajstić information content (AvgIpc) is 2.75. The quantitative estimate of drug-likeness (QED) is 0.937. The van der Waals surface area contributed by atoms with E-state index in [1.165, 1.54) is 6.07 Å². The van der Waals surface area contributed by atoms with Gasteiger partial charge in [-0.25, -0.2) is 9.37 Å². The molecule has 0 aliphatic rings. The Hall–Kier alpha value is -1.36. The lowest BCUT2D eigenvalue weighted by atomic mass is 10.2. The van der Waals surface area contributed by atoms with Gasteiger partial charge in [0.25, 0.3) is 0 Å². The van der Waals surface area contributed by atoms with E-state index in [0.29, 0.717) is 10.9 Å². The number of rotatable bonds is 4. The number of furan rings is 1. The fraction of sp³-hybridized carbons (Fsp3) is 0.250. The fourth-order valence-electron chi connectivity index (χ4n) is 1.54. The van der Waals surface area contributed by atoms with Crippen molar-refractivity contribution in [3.8, 4) is 0 Å². The molecule has 0 bridgehead atoms. The maximum absolute atomic E-state index is 13.5. The Morgan fingerprint density at radius 1 is 1.59 bits per heavy atom. The van der Waals surface area contributed by atoms with Crippen molar-refractivity contribution in [3.05, 3.63) is 46.7 Å². The first kappa shape index (κ1) is 12.1. The highest BCUT2D eigenvalue weighted by molar-refractivity contribution is 9.10. The summed E-state index contributed by atoms with van der Waals surface area (Å²) >= 11 is 3.17. The van der Waals surface area contributed by atoms with Crippen LogP contribution < -0.4 is 5.32 Å². The van der Waals surface area contributed by atoms with Crippen molar-refractivity contribution >= 4 is 21.7 Å². The van der Waals surface area contributed by atoms with Gasteiger partial charge < -0.3 is 9.73 Å². The Kier molecular flexibility index (Phi) is 3.78. The van der Waals surface area contributed by atoms with Gasteiger partial charge in [0, 0.05) is 23.1 Å². The Bertz CT molecular complexity index is 487. The number of hydrogen-bond donors (Lipinski definition) is 1. The summed E-state index contributed by atoms with van der Waals surface area (Å²) in [6.07, 6.45) is 3.87. The molecule has 90 valence electrons. The van der Waals surface area contributed by atoms with E-state index in [9.17, 15) is 4.39 Å². The number of anilines is 1. The molecule has 0 fully saturated rings.